The van der Waals surface area contributed by atoms with Gasteiger partial charge in [0.2, 0.25) is 0 Å². The molecule has 9 heteroatoms. The Balaban J connectivity index is 0.00000288. The van der Waals surface area contributed by atoms with Crippen LogP contribution in [0.3, 0.4) is 0 Å². The van der Waals surface area contributed by atoms with Crippen molar-refractivity contribution in [3.63, 3.8) is 0 Å². The monoisotopic (exact) mass is 446 g/mol. The van der Waals surface area contributed by atoms with Crippen LogP contribution in [0.1, 0.15) is 25.5 Å². The molecule has 0 spiro atoms. The number of nitrogens with one attached hydrogen (secondary N) is 1. The summed E-state index contributed by atoms with van der Waals surface area (Å²) in [6.45, 7) is 6.63. The number of rotatable bonds is 6. The van der Waals surface area contributed by atoms with Crippen molar-refractivity contribution in [3.8, 4) is 0 Å². The van der Waals surface area contributed by atoms with E-state index in [2.05, 4.69) is 43.8 Å². The molecule has 0 aromatic carbocycles. The predicted molar refractivity (Wildman–Crippen MR) is 105 cm³/mol. The minimum Gasteiger partial charge on any atom is -0.349 e. The van der Waals surface area contributed by atoms with Crippen molar-refractivity contribution in [1.82, 2.24) is 34.5 Å². The third-order valence-electron chi connectivity index (χ3n) is 3.53. The van der Waals surface area contributed by atoms with Gasteiger partial charge in [0.05, 0.1) is 13.1 Å². The van der Waals surface area contributed by atoms with Crippen molar-refractivity contribution in [1.29, 1.82) is 0 Å². The molecule has 0 saturated carbocycles. The summed E-state index contributed by atoms with van der Waals surface area (Å²) < 4.78 is 3.94. The number of aryl methyl sites for hydroxylation is 1. The van der Waals surface area contributed by atoms with E-state index in [1.165, 1.54) is 0 Å². The maximum atomic E-state index is 4.43. The summed E-state index contributed by atoms with van der Waals surface area (Å²) in [5, 5.41) is 7.44. The summed E-state index contributed by atoms with van der Waals surface area (Å²) in [5.74, 6) is 3.27. The maximum absolute atomic E-state index is 4.43. The number of aliphatic imine (C=N–C) groups is 1. The van der Waals surface area contributed by atoms with Crippen LogP contribution in [0.25, 0.3) is 0 Å². The van der Waals surface area contributed by atoms with Crippen molar-refractivity contribution >= 4 is 29.9 Å². The van der Waals surface area contributed by atoms with Crippen LogP contribution >= 0.6 is 24.0 Å². The van der Waals surface area contributed by atoms with E-state index >= 15 is 0 Å². The SMILES string of the molecule is CN=C(NCc1nccn1CC(C)C)N(C)Cc1ncnn1C.I. The lowest BCUT2D eigenvalue weighted by Crippen LogP contribution is -2.39. The Kier molecular flexibility index (Phi) is 8.16. The summed E-state index contributed by atoms with van der Waals surface area (Å²) in [6.07, 6.45) is 5.41. The maximum Gasteiger partial charge on any atom is 0.194 e. The van der Waals surface area contributed by atoms with E-state index < -0.39 is 0 Å². The van der Waals surface area contributed by atoms with Crippen molar-refractivity contribution in [2.24, 2.45) is 18.0 Å². The van der Waals surface area contributed by atoms with Gasteiger partial charge < -0.3 is 14.8 Å². The molecule has 0 bridgehead atoms. The first-order valence-corrected chi connectivity index (χ1v) is 7.76. The highest BCUT2D eigenvalue weighted by Gasteiger charge is 2.11. The predicted octanol–water partition coefficient (Wildman–Crippen LogP) is 1.49. The molecule has 2 heterocycles. The van der Waals surface area contributed by atoms with Crippen LogP contribution in [0.15, 0.2) is 23.7 Å². The third-order valence-corrected chi connectivity index (χ3v) is 3.53. The smallest absolute Gasteiger partial charge is 0.194 e. The molecule has 0 aliphatic heterocycles. The molecule has 2 rings (SSSR count). The number of aromatic nitrogens is 5. The van der Waals surface area contributed by atoms with Crippen molar-refractivity contribution in [2.75, 3.05) is 14.1 Å². The Bertz CT molecular complexity index is 645. The minimum atomic E-state index is 0. The van der Waals surface area contributed by atoms with Gasteiger partial charge >= 0.3 is 0 Å². The van der Waals surface area contributed by atoms with Gasteiger partial charge in [-0.25, -0.2) is 9.97 Å². The summed E-state index contributed by atoms with van der Waals surface area (Å²) in [7, 11) is 5.63. The number of imidazole rings is 1. The highest BCUT2D eigenvalue weighted by molar-refractivity contribution is 14.0. The van der Waals surface area contributed by atoms with E-state index in [1.807, 2.05) is 31.4 Å². The molecule has 0 saturated heterocycles. The quantitative estimate of drug-likeness (QED) is 0.414. The molecule has 0 atom stereocenters. The second-order valence-corrected chi connectivity index (χ2v) is 5.95. The normalized spacial score (nSPS) is 11.5. The number of nitrogens with zero attached hydrogens (tertiary/aromatic N) is 7. The van der Waals surface area contributed by atoms with E-state index in [-0.39, 0.29) is 24.0 Å². The highest BCUT2D eigenvalue weighted by Crippen LogP contribution is 2.04. The van der Waals surface area contributed by atoms with Gasteiger partial charge in [-0.15, -0.1) is 24.0 Å². The number of hydrogen-bond acceptors (Lipinski definition) is 4. The Labute approximate surface area is 160 Å². The fourth-order valence-corrected chi connectivity index (χ4v) is 2.36. The summed E-state index contributed by atoms with van der Waals surface area (Å²) >= 11 is 0. The zero-order valence-electron chi connectivity index (χ0n) is 15.0. The van der Waals surface area contributed by atoms with Crippen LogP contribution in [0.5, 0.6) is 0 Å². The number of hydrogen-bond donors (Lipinski definition) is 1. The van der Waals surface area contributed by atoms with Crippen LogP contribution < -0.4 is 5.32 Å². The van der Waals surface area contributed by atoms with Crippen LogP contribution in [-0.4, -0.2) is 49.3 Å². The van der Waals surface area contributed by atoms with Crippen LogP contribution in [-0.2, 0) is 26.7 Å². The van der Waals surface area contributed by atoms with Gasteiger partial charge in [0, 0.05) is 40.1 Å². The zero-order chi connectivity index (χ0) is 16.8. The first-order chi connectivity index (χ1) is 11.0. The van der Waals surface area contributed by atoms with Crippen molar-refractivity contribution in [3.05, 3.63) is 30.4 Å². The molecule has 2 aromatic rings. The Morgan fingerprint density at radius 3 is 2.67 bits per heavy atom. The topological polar surface area (TPSA) is 76.2 Å². The lowest BCUT2D eigenvalue weighted by atomic mass is 10.2. The Hall–Kier alpha value is -1.65. The second-order valence-electron chi connectivity index (χ2n) is 5.95. The van der Waals surface area contributed by atoms with Gasteiger partial charge in [0.25, 0.3) is 0 Å². The standard InChI is InChI=1S/C15H26N8.HI/c1-12(2)9-23-7-6-17-13(23)8-18-15(16-3)21(4)10-14-19-11-20-22(14)5;/h6-7,11-12H,8-10H2,1-5H3,(H,16,18);1H. The average Bonchev–Trinajstić information content (AvgIpc) is 3.09. The molecule has 0 unspecified atom stereocenters. The molecule has 2 aromatic heterocycles. The largest absolute Gasteiger partial charge is 0.349 e. The molecule has 0 amide bonds. The van der Waals surface area contributed by atoms with E-state index in [9.17, 15) is 0 Å². The number of halogens is 1. The molecular formula is C15H27IN8. The summed E-state index contributed by atoms with van der Waals surface area (Å²) in [5.41, 5.74) is 0. The third kappa shape index (κ3) is 5.46. The number of guanidine groups is 1. The van der Waals surface area contributed by atoms with Crippen molar-refractivity contribution < 1.29 is 0 Å². The minimum absolute atomic E-state index is 0. The first kappa shape index (κ1) is 20.4. The van der Waals surface area contributed by atoms with Gasteiger partial charge in [0.15, 0.2) is 5.96 Å². The van der Waals surface area contributed by atoms with Gasteiger partial charge in [0.1, 0.15) is 18.0 Å². The van der Waals surface area contributed by atoms with Crippen LogP contribution in [0.4, 0.5) is 0 Å². The molecule has 0 aliphatic rings. The van der Waals surface area contributed by atoms with E-state index in [0.717, 1.165) is 24.2 Å². The fraction of sp³-hybridized carbons (Fsp3) is 0.600. The van der Waals surface area contributed by atoms with Gasteiger partial charge in [-0.3, -0.25) is 9.67 Å². The summed E-state index contributed by atoms with van der Waals surface area (Å²) in [6, 6.07) is 0. The van der Waals surface area contributed by atoms with Crippen molar-refractivity contribution in [2.45, 2.75) is 33.5 Å². The van der Waals surface area contributed by atoms with Crippen LogP contribution in [0, 0.1) is 5.92 Å². The molecule has 0 aliphatic carbocycles. The summed E-state index contributed by atoms with van der Waals surface area (Å²) in [4.78, 5) is 15.0. The molecular weight excluding hydrogens is 419 g/mol. The van der Waals surface area contributed by atoms with Crippen LogP contribution in [0.2, 0.25) is 0 Å². The highest BCUT2D eigenvalue weighted by atomic mass is 127. The molecule has 8 nitrogen and oxygen atoms in total. The van der Waals surface area contributed by atoms with Gasteiger partial charge in [-0.05, 0) is 5.92 Å². The lowest BCUT2D eigenvalue weighted by molar-refractivity contribution is 0.444. The Morgan fingerprint density at radius 2 is 2.08 bits per heavy atom. The first-order valence-electron chi connectivity index (χ1n) is 7.76. The average molecular weight is 446 g/mol. The molecule has 134 valence electrons. The molecule has 0 radical (unpaired) electrons. The van der Waals surface area contributed by atoms with Gasteiger partial charge in [-0.2, -0.15) is 5.10 Å². The second kappa shape index (κ2) is 9.60. The van der Waals surface area contributed by atoms with Gasteiger partial charge in [-0.1, -0.05) is 13.8 Å². The fourth-order valence-electron chi connectivity index (χ4n) is 2.36. The Morgan fingerprint density at radius 1 is 1.33 bits per heavy atom. The lowest BCUT2D eigenvalue weighted by Gasteiger charge is -2.21. The van der Waals surface area contributed by atoms with E-state index in [0.29, 0.717) is 19.0 Å². The molecule has 0 fully saturated rings. The molecule has 24 heavy (non-hydrogen) atoms. The van der Waals surface area contributed by atoms with E-state index in [4.69, 9.17) is 0 Å². The van der Waals surface area contributed by atoms with E-state index in [1.54, 1.807) is 18.1 Å². The molecule has 1 N–H and O–H groups in total. The zero-order valence-corrected chi connectivity index (χ0v) is 17.3.